The van der Waals surface area contributed by atoms with Gasteiger partial charge in [-0.3, -0.25) is 0 Å². The van der Waals surface area contributed by atoms with Gasteiger partial charge in [0.25, 0.3) is 0 Å². The molecule has 0 bridgehead atoms. The Morgan fingerprint density at radius 1 is 1.11 bits per heavy atom. The van der Waals surface area contributed by atoms with Crippen LogP contribution in [0.3, 0.4) is 0 Å². The van der Waals surface area contributed by atoms with Crippen LogP contribution in [0.2, 0.25) is 5.02 Å². The van der Waals surface area contributed by atoms with E-state index in [1.807, 2.05) is 51.2 Å². The summed E-state index contributed by atoms with van der Waals surface area (Å²) in [6.07, 6.45) is 0. The molecule has 100 valence electrons. The summed E-state index contributed by atoms with van der Waals surface area (Å²) in [7, 11) is 1.93. The van der Waals surface area contributed by atoms with E-state index in [0.717, 1.165) is 39.8 Å². The molecule has 0 saturated carbocycles. The number of benzene rings is 2. The first-order chi connectivity index (χ1) is 9.11. The van der Waals surface area contributed by atoms with Gasteiger partial charge in [-0.25, -0.2) is 0 Å². The first kappa shape index (κ1) is 13.9. The smallest absolute Gasteiger partial charge is 0.133 e. The van der Waals surface area contributed by atoms with E-state index >= 15 is 0 Å². The molecule has 0 atom stereocenters. The monoisotopic (exact) mass is 275 g/mol. The van der Waals surface area contributed by atoms with Crippen molar-refractivity contribution in [1.29, 1.82) is 0 Å². The van der Waals surface area contributed by atoms with E-state index in [0.29, 0.717) is 0 Å². The van der Waals surface area contributed by atoms with Gasteiger partial charge in [0.05, 0.1) is 0 Å². The van der Waals surface area contributed by atoms with Crippen molar-refractivity contribution in [2.45, 2.75) is 20.4 Å². The van der Waals surface area contributed by atoms with E-state index < -0.39 is 0 Å². The van der Waals surface area contributed by atoms with Crippen LogP contribution in [0.15, 0.2) is 36.4 Å². The molecule has 0 fully saturated rings. The van der Waals surface area contributed by atoms with E-state index in [9.17, 15) is 0 Å². The minimum atomic E-state index is 0.742. The van der Waals surface area contributed by atoms with Crippen LogP contribution in [0.4, 0.5) is 0 Å². The van der Waals surface area contributed by atoms with Crippen molar-refractivity contribution >= 4 is 11.6 Å². The number of rotatable bonds is 4. The molecule has 0 aliphatic carbocycles. The zero-order chi connectivity index (χ0) is 13.8. The molecule has 0 heterocycles. The summed E-state index contributed by atoms with van der Waals surface area (Å²) in [5.74, 6) is 1.76. The van der Waals surface area contributed by atoms with E-state index in [1.165, 1.54) is 0 Å². The van der Waals surface area contributed by atoms with Gasteiger partial charge < -0.3 is 10.1 Å². The normalized spacial score (nSPS) is 10.5. The van der Waals surface area contributed by atoms with Crippen molar-refractivity contribution in [2.24, 2.45) is 0 Å². The average Bonchev–Trinajstić information content (AvgIpc) is 2.36. The van der Waals surface area contributed by atoms with E-state index in [1.54, 1.807) is 0 Å². The lowest BCUT2D eigenvalue weighted by Crippen LogP contribution is -2.06. The number of nitrogens with one attached hydrogen (secondary N) is 1. The lowest BCUT2D eigenvalue weighted by molar-refractivity contribution is 0.467. The molecular weight excluding hydrogens is 258 g/mol. The predicted octanol–water partition coefficient (Wildman–Crippen LogP) is 4.47. The summed E-state index contributed by atoms with van der Waals surface area (Å²) in [4.78, 5) is 0. The summed E-state index contributed by atoms with van der Waals surface area (Å²) >= 11 is 6.04. The lowest BCUT2D eigenvalue weighted by Gasteiger charge is -2.15. The fraction of sp³-hybridized carbons (Fsp3) is 0.250. The fourth-order valence-corrected chi connectivity index (χ4v) is 2.44. The molecular formula is C16H18ClNO. The van der Waals surface area contributed by atoms with Crippen LogP contribution < -0.4 is 10.1 Å². The van der Waals surface area contributed by atoms with E-state index in [2.05, 4.69) is 11.4 Å². The van der Waals surface area contributed by atoms with Crippen LogP contribution in [0, 0.1) is 13.8 Å². The molecule has 0 aliphatic rings. The maximum atomic E-state index is 6.08. The van der Waals surface area contributed by atoms with Crippen LogP contribution in [0.25, 0.3) is 0 Å². The minimum Gasteiger partial charge on any atom is -0.456 e. The third-order valence-electron chi connectivity index (χ3n) is 2.98. The van der Waals surface area contributed by atoms with Gasteiger partial charge in [-0.1, -0.05) is 29.8 Å². The third-order valence-corrected chi connectivity index (χ3v) is 3.20. The SMILES string of the molecule is CNCc1ccccc1Oc1c(C)cc(Cl)cc1C. The van der Waals surface area contributed by atoms with Gasteiger partial charge >= 0.3 is 0 Å². The molecule has 0 amide bonds. The Labute approximate surface area is 119 Å². The van der Waals surface area contributed by atoms with Crippen LogP contribution in [0.1, 0.15) is 16.7 Å². The zero-order valence-electron chi connectivity index (χ0n) is 11.5. The first-order valence-corrected chi connectivity index (χ1v) is 6.66. The van der Waals surface area contributed by atoms with Gasteiger partial charge in [-0.2, -0.15) is 0 Å². The Hall–Kier alpha value is -1.51. The number of ether oxygens (including phenoxy) is 1. The third kappa shape index (κ3) is 3.28. The summed E-state index contributed by atoms with van der Waals surface area (Å²) in [5.41, 5.74) is 3.23. The van der Waals surface area contributed by atoms with Crippen molar-refractivity contribution in [1.82, 2.24) is 5.32 Å². The number of halogens is 1. The summed E-state index contributed by atoms with van der Waals surface area (Å²) < 4.78 is 6.08. The molecule has 0 spiro atoms. The maximum Gasteiger partial charge on any atom is 0.133 e. The second-order valence-electron chi connectivity index (χ2n) is 4.61. The second kappa shape index (κ2) is 6.09. The number of para-hydroxylation sites is 1. The Morgan fingerprint density at radius 3 is 2.37 bits per heavy atom. The van der Waals surface area contributed by atoms with Crippen LogP contribution in [0.5, 0.6) is 11.5 Å². The molecule has 0 unspecified atom stereocenters. The predicted molar refractivity (Wildman–Crippen MR) is 80.2 cm³/mol. The quantitative estimate of drug-likeness (QED) is 0.889. The van der Waals surface area contributed by atoms with Gasteiger partial charge in [-0.05, 0) is 50.2 Å². The highest BCUT2D eigenvalue weighted by atomic mass is 35.5. The summed E-state index contributed by atoms with van der Waals surface area (Å²) in [6, 6.07) is 11.9. The van der Waals surface area contributed by atoms with Gasteiger partial charge in [0.1, 0.15) is 11.5 Å². The molecule has 0 aromatic heterocycles. The highest BCUT2D eigenvalue weighted by Crippen LogP contribution is 2.32. The van der Waals surface area contributed by atoms with Crippen molar-refractivity contribution in [2.75, 3.05) is 7.05 Å². The van der Waals surface area contributed by atoms with Gasteiger partial charge in [-0.15, -0.1) is 0 Å². The minimum absolute atomic E-state index is 0.742. The number of hydrogen-bond acceptors (Lipinski definition) is 2. The van der Waals surface area contributed by atoms with E-state index in [-0.39, 0.29) is 0 Å². The lowest BCUT2D eigenvalue weighted by atomic mass is 10.1. The van der Waals surface area contributed by atoms with Crippen LogP contribution in [-0.2, 0) is 6.54 Å². The molecule has 2 aromatic rings. The standard InChI is InChI=1S/C16H18ClNO/c1-11-8-14(17)9-12(2)16(11)19-15-7-5-4-6-13(15)10-18-3/h4-9,18H,10H2,1-3H3. The number of hydrogen-bond donors (Lipinski definition) is 1. The van der Waals surface area contributed by atoms with Crippen molar-refractivity contribution < 1.29 is 4.74 Å². The Morgan fingerprint density at radius 2 is 1.74 bits per heavy atom. The molecule has 2 rings (SSSR count). The Balaban J connectivity index is 2.36. The highest BCUT2D eigenvalue weighted by Gasteiger charge is 2.09. The topological polar surface area (TPSA) is 21.3 Å². The molecule has 0 radical (unpaired) electrons. The molecule has 2 nitrogen and oxygen atoms in total. The highest BCUT2D eigenvalue weighted by molar-refractivity contribution is 6.30. The fourth-order valence-electron chi connectivity index (χ4n) is 2.11. The van der Waals surface area contributed by atoms with Crippen molar-refractivity contribution in [3.63, 3.8) is 0 Å². The van der Waals surface area contributed by atoms with E-state index in [4.69, 9.17) is 16.3 Å². The second-order valence-corrected chi connectivity index (χ2v) is 5.05. The summed E-state index contributed by atoms with van der Waals surface area (Å²) in [5, 5.41) is 3.89. The summed E-state index contributed by atoms with van der Waals surface area (Å²) in [6.45, 7) is 4.80. The molecule has 2 aromatic carbocycles. The average molecular weight is 276 g/mol. The van der Waals surface area contributed by atoms with Gasteiger partial charge in [0.15, 0.2) is 0 Å². The van der Waals surface area contributed by atoms with Crippen LogP contribution >= 0.6 is 11.6 Å². The molecule has 1 N–H and O–H groups in total. The largest absolute Gasteiger partial charge is 0.456 e. The van der Waals surface area contributed by atoms with Crippen LogP contribution in [-0.4, -0.2) is 7.05 Å². The van der Waals surface area contributed by atoms with Gasteiger partial charge in [0.2, 0.25) is 0 Å². The van der Waals surface area contributed by atoms with Crippen molar-refractivity contribution in [3.8, 4) is 11.5 Å². The molecule has 0 aliphatic heterocycles. The Kier molecular flexibility index (Phi) is 4.46. The maximum absolute atomic E-state index is 6.08. The Bertz CT molecular complexity index is 558. The van der Waals surface area contributed by atoms with Gasteiger partial charge in [0, 0.05) is 17.1 Å². The molecule has 0 saturated heterocycles. The van der Waals surface area contributed by atoms with Crippen molar-refractivity contribution in [3.05, 3.63) is 58.1 Å². The number of aryl methyl sites for hydroxylation is 2. The zero-order valence-corrected chi connectivity index (χ0v) is 12.2. The molecule has 19 heavy (non-hydrogen) atoms. The first-order valence-electron chi connectivity index (χ1n) is 6.29. The molecule has 3 heteroatoms.